The molecule has 0 aromatic heterocycles. The van der Waals surface area contributed by atoms with Crippen LogP contribution in [0.4, 0.5) is 0 Å². The lowest BCUT2D eigenvalue weighted by Crippen LogP contribution is -2.38. The van der Waals surface area contributed by atoms with Crippen molar-refractivity contribution in [3.63, 3.8) is 0 Å². The van der Waals surface area contributed by atoms with E-state index in [-0.39, 0.29) is 19.1 Å². The van der Waals surface area contributed by atoms with Crippen LogP contribution in [0.25, 0.3) is 0 Å². The van der Waals surface area contributed by atoms with Crippen LogP contribution in [0.3, 0.4) is 0 Å². The first-order valence-corrected chi connectivity index (χ1v) is 6.80. The lowest BCUT2D eigenvalue weighted by molar-refractivity contribution is -0.167. The largest absolute Gasteiger partial charge is 0.463 e. The predicted molar refractivity (Wildman–Crippen MR) is 75.4 cm³/mol. The number of ether oxygens (including phenoxy) is 3. The average Bonchev–Trinajstić information content (AvgIpc) is 2.82. The minimum Gasteiger partial charge on any atom is -0.463 e. The molecule has 1 aliphatic heterocycles. The Morgan fingerprint density at radius 3 is 2.14 bits per heavy atom. The molecule has 2 rings (SSSR count). The fourth-order valence-corrected chi connectivity index (χ4v) is 1.90. The number of hydrogen-bond acceptors (Lipinski definition) is 6. The molecule has 0 spiro atoms. The van der Waals surface area contributed by atoms with E-state index in [0.29, 0.717) is 11.1 Å². The Kier molecular flexibility index (Phi) is 4.88. The second kappa shape index (κ2) is 6.84. The topological polar surface area (TPSA) is 91.3 Å². The summed E-state index contributed by atoms with van der Waals surface area (Å²) in [6.07, 6.45) is -1.61. The van der Waals surface area contributed by atoms with E-state index in [1.165, 1.54) is 0 Å². The Labute approximate surface area is 126 Å². The summed E-state index contributed by atoms with van der Waals surface area (Å²) in [5, 5.41) is 0. The highest BCUT2D eigenvalue weighted by molar-refractivity contribution is 6.19. The first kappa shape index (κ1) is 15.7. The Balaban J connectivity index is 2.24. The second-order valence-electron chi connectivity index (χ2n) is 4.27. The fourth-order valence-electron chi connectivity index (χ4n) is 1.90. The van der Waals surface area contributed by atoms with Gasteiger partial charge in [0.05, 0.1) is 18.8 Å². The third kappa shape index (κ3) is 3.13. The molecule has 0 unspecified atom stereocenters. The molecule has 0 fully saturated rings. The summed E-state index contributed by atoms with van der Waals surface area (Å²) in [5.41, 5.74) is 0.773. The van der Waals surface area contributed by atoms with Crippen LogP contribution < -0.4 is 0 Å². The number of carbonyl (C=O) groups is 3. The third-order valence-corrected chi connectivity index (χ3v) is 2.82. The molecule has 0 N–H and O–H groups in total. The summed E-state index contributed by atoms with van der Waals surface area (Å²) < 4.78 is 14.9. The maximum Gasteiger partial charge on any atom is 0.359 e. The number of benzene rings is 1. The third-order valence-electron chi connectivity index (χ3n) is 2.82. The van der Waals surface area contributed by atoms with Crippen molar-refractivity contribution in [2.45, 2.75) is 20.0 Å². The highest BCUT2D eigenvalue weighted by atomic mass is 16.6. The number of esters is 2. The smallest absolute Gasteiger partial charge is 0.359 e. The van der Waals surface area contributed by atoms with E-state index < -0.39 is 23.9 Å². The van der Waals surface area contributed by atoms with Gasteiger partial charge in [-0.05, 0) is 26.0 Å². The normalized spacial score (nSPS) is 12.7. The maximum atomic E-state index is 11.9. The highest BCUT2D eigenvalue weighted by Crippen LogP contribution is 2.20. The standard InChI is InChI=1S/C15H15NO6/c1-3-20-14(18)11(15(19)21-4-2)22-13-10-8-6-5-7-9(10)12(17)16-13/h5-8,11H,3-4H2,1-2H3. The van der Waals surface area contributed by atoms with Gasteiger partial charge in [-0.1, -0.05) is 12.1 Å². The van der Waals surface area contributed by atoms with Crippen LogP contribution in [0.2, 0.25) is 0 Å². The minimum atomic E-state index is -1.61. The Morgan fingerprint density at radius 2 is 1.59 bits per heavy atom. The van der Waals surface area contributed by atoms with Crippen molar-refractivity contribution in [1.82, 2.24) is 0 Å². The molecule has 0 saturated heterocycles. The summed E-state index contributed by atoms with van der Waals surface area (Å²) in [6.45, 7) is 3.37. The summed E-state index contributed by atoms with van der Waals surface area (Å²) in [7, 11) is 0. The van der Waals surface area contributed by atoms with Gasteiger partial charge in [0.15, 0.2) is 0 Å². The van der Waals surface area contributed by atoms with Crippen LogP contribution in [0, 0.1) is 0 Å². The number of amides is 1. The quantitative estimate of drug-likeness (QED) is 0.597. The van der Waals surface area contributed by atoms with Crippen LogP contribution in [0.15, 0.2) is 29.3 Å². The molecule has 1 aromatic rings. The zero-order valence-corrected chi connectivity index (χ0v) is 12.2. The summed E-state index contributed by atoms with van der Waals surface area (Å²) >= 11 is 0. The van der Waals surface area contributed by atoms with E-state index in [1.54, 1.807) is 38.1 Å². The molecule has 7 heteroatoms. The molecular formula is C15H15NO6. The van der Waals surface area contributed by atoms with Gasteiger partial charge in [-0.25, -0.2) is 9.59 Å². The van der Waals surface area contributed by atoms with E-state index in [2.05, 4.69) is 4.99 Å². The van der Waals surface area contributed by atoms with Gasteiger partial charge in [-0.2, -0.15) is 4.99 Å². The van der Waals surface area contributed by atoms with Gasteiger partial charge in [0.1, 0.15) is 0 Å². The van der Waals surface area contributed by atoms with E-state index in [4.69, 9.17) is 14.2 Å². The van der Waals surface area contributed by atoms with Crippen LogP contribution >= 0.6 is 0 Å². The Bertz CT molecular complexity index is 619. The van der Waals surface area contributed by atoms with Gasteiger partial charge < -0.3 is 14.2 Å². The Morgan fingerprint density at radius 1 is 1.05 bits per heavy atom. The first-order chi connectivity index (χ1) is 10.6. The minimum absolute atomic E-state index is 0.0834. The number of aliphatic imine (C=N–C) groups is 1. The molecule has 116 valence electrons. The highest BCUT2D eigenvalue weighted by Gasteiger charge is 2.36. The van der Waals surface area contributed by atoms with Crippen molar-refractivity contribution < 1.29 is 28.6 Å². The Hall–Kier alpha value is -2.70. The molecular weight excluding hydrogens is 290 g/mol. The molecule has 0 atom stereocenters. The monoisotopic (exact) mass is 305 g/mol. The second-order valence-corrected chi connectivity index (χ2v) is 4.27. The van der Waals surface area contributed by atoms with Gasteiger partial charge >= 0.3 is 11.9 Å². The number of hydrogen-bond donors (Lipinski definition) is 0. The first-order valence-electron chi connectivity index (χ1n) is 6.80. The molecule has 1 amide bonds. The average molecular weight is 305 g/mol. The van der Waals surface area contributed by atoms with Crippen molar-refractivity contribution in [2.75, 3.05) is 13.2 Å². The number of nitrogens with zero attached hydrogens (tertiary/aromatic N) is 1. The van der Waals surface area contributed by atoms with Crippen LogP contribution in [-0.2, 0) is 23.8 Å². The molecule has 22 heavy (non-hydrogen) atoms. The van der Waals surface area contributed by atoms with E-state index in [1.807, 2.05) is 0 Å². The van der Waals surface area contributed by atoms with Gasteiger partial charge in [0, 0.05) is 5.56 Å². The zero-order chi connectivity index (χ0) is 16.1. The summed E-state index contributed by atoms with van der Waals surface area (Å²) in [5.74, 6) is -2.36. The molecule has 1 aliphatic rings. The van der Waals surface area contributed by atoms with E-state index in [9.17, 15) is 14.4 Å². The maximum absolute atomic E-state index is 11.9. The zero-order valence-electron chi connectivity index (χ0n) is 12.2. The van der Waals surface area contributed by atoms with Crippen LogP contribution in [0.5, 0.6) is 0 Å². The molecule has 1 heterocycles. The predicted octanol–water partition coefficient (Wildman–Crippen LogP) is 1.10. The number of fused-ring (bicyclic) bond motifs is 1. The number of carbonyl (C=O) groups excluding carboxylic acids is 3. The van der Waals surface area contributed by atoms with Crippen molar-refractivity contribution in [2.24, 2.45) is 4.99 Å². The SMILES string of the molecule is CCOC(=O)C(OC1=NC(=O)c2ccccc21)C(=O)OCC. The van der Waals surface area contributed by atoms with E-state index in [0.717, 1.165) is 0 Å². The summed E-state index contributed by atoms with van der Waals surface area (Å²) in [6, 6.07) is 6.58. The van der Waals surface area contributed by atoms with Gasteiger partial charge in [-0.15, -0.1) is 0 Å². The van der Waals surface area contributed by atoms with Crippen molar-refractivity contribution in [3.05, 3.63) is 35.4 Å². The molecule has 0 aliphatic carbocycles. The van der Waals surface area contributed by atoms with Crippen LogP contribution in [-0.4, -0.2) is 43.1 Å². The number of rotatable bonds is 5. The van der Waals surface area contributed by atoms with Gasteiger partial charge in [0.25, 0.3) is 12.0 Å². The van der Waals surface area contributed by atoms with Crippen LogP contribution in [0.1, 0.15) is 29.8 Å². The van der Waals surface area contributed by atoms with E-state index >= 15 is 0 Å². The summed E-state index contributed by atoms with van der Waals surface area (Å²) in [4.78, 5) is 39.2. The molecule has 0 saturated carbocycles. The van der Waals surface area contributed by atoms with Gasteiger partial charge in [0.2, 0.25) is 5.90 Å². The molecule has 7 nitrogen and oxygen atoms in total. The van der Waals surface area contributed by atoms with Crippen molar-refractivity contribution in [3.8, 4) is 0 Å². The lowest BCUT2D eigenvalue weighted by atomic mass is 10.1. The fraction of sp³-hybridized carbons (Fsp3) is 0.333. The van der Waals surface area contributed by atoms with Crippen molar-refractivity contribution in [1.29, 1.82) is 0 Å². The molecule has 0 radical (unpaired) electrons. The van der Waals surface area contributed by atoms with Crippen molar-refractivity contribution >= 4 is 23.7 Å². The van der Waals surface area contributed by atoms with Gasteiger partial charge in [-0.3, -0.25) is 4.79 Å². The lowest BCUT2D eigenvalue weighted by Gasteiger charge is -2.16. The molecule has 1 aromatic carbocycles. The molecule has 0 bridgehead atoms.